The normalized spacial score (nSPS) is 14.7. The number of nitrogens with zero attached hydrogens (tertiary/aromatic N) is 1. The zero-order chi connectivity index (χ0) is 57.0. The molecular formula is C69H120N2O6P+. The molecule has 0 saturated carbocycles. The molecule has 9 heteroatoms. The molecule has 0 saturated heterocycles. The molecule has 78 heavy (non-hydrogen) atoms. The van der Waals surface area contributed by atoms with Crippen molar-refractivity contribution < 1.29 is 32.9 Å². The molecule has 0 aliphatic rings. The van der Waals surface area contributed by atoms with Crippen LogP contribution in [0.15, 0.2) is 134 Å². The molecule has 0 bridgehead atoms. The molecule has 0 rings (SSSR count). The van der Waals surface area contributed by atoms with Crippen LogP contribution in [0.3, 0.4) is 0 Å². The third-order valence-corrected chi connectivity index (χ3v) is 14.3. The summed E-state index contributed by atoms with van der Waals surface area (Å²) in [5.74, 6) is -0.198. The maximum Gasteiger partial charge on any atom is 0.472 e. The number of hydrogen-bond acceptors (Lipinski definition) is 5. The monoisotopic (exact) mass is 1100 g/mol. The van der Waals surface area contributed by atoms with Gasteiger partial charge in [-0.3, -0.25) is 13.8 Å². The van der Waals surface area contributed by atoms with Gasteiger partial charge < -0.3 is 19.8 Å². The predicted molar refractivity (Wildman–Crippen MR) is 341 cm³/mol. The number of carbonyl (C=O) groups excluding carboxylic acids is 1. The number of aliphatic hydroxyl groups excluding tert-OH is 1. The Morgan fingerprint density at radius 1 is 0.449 bits per heavy atom. The van der Waals surface area contributed by atoms with Crippen molar-refractivity contribution in [1.82, 2.24) is 5.32 Å². The first-order chi connectivity index (χ1) is 38.0. The van der Waals surface area contributed by atoms with E-state index in [0.717, 1.165) is 96.3 Å². The standard InChI is InChI=1S/C69H119N2O6P/c1-6-8-10-12-14-16-18-20-22-24-26-27-28-29-30-31-32-33-34-35-36-37-38-39-40-41-42-43-45-47-49-51-53-55-57-59-61-63-69(73)70-67(66-77-78(74,75)76-65-64-71(3,4)5)68(72)62-60-58-56-54-52-50-48-46-44-25-23-21-19-17-15-13-11-9-7-2/h8,10,14,16,20,22,26-27,29-30,32-33,35-36,38-39,44,46,52,54,60,62,67-68,72H,6-7,9,11-13,15,17-19,21,23-25,28,31,34,37,40-43,45,47-51,53,55-59,61,63-66H2,1-5H3,(H-,70,73,74,75)/p+1/b10-8-,16-14-,22-20-,27-26-,30-29-,33-32-,36-35-,39-38-,46-44+,54-52+,62-60+. The van der Waals surface area contributed by atoms with Gasteiger partial charge in [0.1, 0.15) is 13.2 Å². The first kappa shape index (κ1) is 74.6. The summed E-state index contributed by atoms with van der Waals surface area (Å²) in [4.78, 5) is 23.3. The molecule has 0 heterocycles. The Kier molecular flexibility index (Phi) is 55.8. The van der Waals surface area contributed by atoms with Crippen molar-refractivity contribution in [2.45, 2.75) is 257 Å². The smallest absolute Gasteiger partial charge is 0.387 e. The van der Waals surface area contributed by atoms with Crippen LogP contribution in [0, 0.1) is 0 Å². The minimum absolute atomic E-state index is 0.0474. The summed E-state index contributed by atoms with van der Waals surface area (Å²) in [5.41, 5.74) is 0. The Hall–Kier alpha value is -3.36. The van der Waals surface area contributed by atoms with Gasteiger partial charge in [-0.15, -0.1) is 0 Å². The zero-order valence-corrected chi connectivity index (χ0v) is 51.7. The maximum atomic E-state index is 13.0. The van der Waals surface area contributed by atoms with Crippen molar-refractivity contribution in [2.24, 2.45) is 0 Å². The van der Waals surface area contributed by atoms with Crippen LogP contribution >= 0.6 is 7.82 Å². The largest absolute Gasteiger partial charge is 0.472 e. The fourth-order valence-electron chi connectivity index (χ4n) is 8.44. The number of hydrogen-bond donors (Lipinski definition) is 3. The fraction of sp³-hybridized carbons (Fsp3) is 0.667. The molecular weight excluding hydrogens is 984 g/mol. The molecule has 3 N–H and O–H groups in total. The Labute approximate surface area is 481 Å². The van der Waals surface area contributed by atoms with Crippen LogP contribution in [0.5, 0.6) is 0 Å². The van der Waals surface area contributed by atoms with Crippen LogP contribution in [-0.2, 0) is 18.4 Å². The minimum atomic E-state index is -4.37. The summed E-state index contributed by atoms with van der Waals surface area (Å²) in [6, 6.07) is -0.880. The molecule has 8 nitrogen and oxygen atoms in total. The molecule has 0 aliphatic heterocycles. The number of aliphatic hydroxyl groups is 1. The number of allylic oxidation sites excluding steroid dienone is 21. The van der Waals surface area contributed by atoms with E-state index in [2.05, 4.69) is 141 Å². The second-order valence-electron chi connectivity index (χ2n) is 22.0. The highest BCUT2D eigenvalue weighted by Gasteiger charge is 2.27. The lowest BCUT2D eigenvalue weighted by atomic mass is 10.0. The van der Waals surface area contributed by atoms with Gasteiger partial charge in [0, 0.05) is 6.42 Å². The van der Waals surface area contributed by atoms with Crippen molar-refractivity contribution in [3.05, 3.63) is 134 Å². The van der Waals surface area contributed by atoms with Crippen molar-refractivity contribution in [3.63, 3.8) is 0 Å². The van der Waals surface area contributed by atoms with Crippen molar-refractivity contribution in [1.29, 1.82) is 0 Å². The van der Waals surface area contributed by atoms with E-state index in [-0.39, 0.29) is 19.1 Å². The molecule has 0 fully saturated rings. The van der Waals surface area contributed by atoms with E-state index in [0.29, 0.717) is 17.4 Å². The summed E-state index contributed by atoms with van der Waals surface area (Å²) < 4.78 is 23.7. The van der Waals surface area contributed by atoms with Crippen LogP contribution in [0.25, 0.3) is 0 Å². The number of quaternary nitrogens is 1. The number of carbonyl (C=O) groups is 1. The quantitative estimate of drug-likeness (QED) is 0.0243. The molecule has 0 radical (unpaired) electrons. The van der Waals surface area contributed by atoms with Crippen LogP contribution in [-0.4, -0.2) is 73.4 Å². The minimum Gasteiger partial charge on any atom is -0.387 e. The van der Waals surface area contributed by atoms with Crippen LogP contribution in [0.1, 0.15) is 245 Å². The van der Waals surface area contributed by atoms with Gasteiger partial charge in [-0.05, 0) is 109 Å². The zero-order valence-electron chi connectivity index (χ0n) is 50.9. The van der Waals surface area contributed by atoms with Crippen LogP contribution in [0.2, 0.25) is 0 Å². The molecule has 0 aromatic rings. The van der Waals surface area contributed by atoms with Crippen molar-refractivity contribution in [2.75, 3.05) is 40.9 Å². The highest BCUT2D eigenvalue weighted by molar-refractivity contribution is 7.47. The average molecular weight is 1100 g/mol. The number of phosphoric ester groups is 1. The molecule has 0 aromatic heterocycles. The molecule has 1 amide bonds. The summed E-state index contributed by atoms with van der Waals surface area (Å²) >= 11 is 0. The van der Waals surface area contributed by atoms with E-state index in [9.17, 15) is 19.4 Å². The SMILES string of the molecule is CC/C=C\C/C=C\C/C=C\C/C=C\C/C=C\C/C=C\C/C=C\C/C=C\CCCCCCCCCCCCCCC(=O)NC(COP(=O)(O)OCC[N+](C)(C)C)C(O)/C=C/CC/C=C/CC/C=C/CCCCCCCCCCC. The second kappa shape index (κ2) is 58.3. The third-order valence-electron chi connectivity index (χ3n) is 13.3. The molecule has 0 spiro atoms. The maximum absolute atomic E-state index is 13.0. The van der Waals surface area contributed by atoms with E-state index >= 15 is 0 Å². The summed E-state index contributed by atoms with van der Waals surface area (Å²) in [7, 11) is 1.53. The number of likely N-dealkylation sites (N-methyl/N-ethyl adjacent to an activating group) is 1. The Bertz CT molecular complexity index is 1730. The lowest BCUT2D eigenvalue weighted by molar-refractivity contribution is -0.870. The second-order valence-corrected chi connectivity index (χ2v) is 23.5. The molecule has 0 aromatic carbocycles. The van der Waals surface area contributed by atoms with Gasteiger partial charge in [0.2, 0.25) is 5.91 Å². The summed E-state index contributed by atoms with van der Waals surface area (Å²) in [5, 5.41) is 13.9. The van der Waals surface area contributed by atoms with E-state index in [1.165, 1.54) is 128 Å². The molecule has 446 valence electrons. The van der Waals surface area contributed by atoms with Gasteiger partial charge >= 0.3 is 7.82 Å². The lowest BCUT2D eigenvalue weighted by Crippen LogP contribution is -2.45. The highest BCUT2D eigenvalue weighted by Crippen LogP contribution is 2.43. The Morgan fingerprint density at radius 3 is 1.18 bits per heavy atom. The topological polar surface area (TPSA) is 105 Å². The number of phosphoric acid groups is 1. The number of amides is 1. The predicted octanol–water partition coefficient (Wildman–Crippen LogP) is 19.9. The third kappa shape index (κ3) is 60.3. The summed E-state index contributed by atoms with van der Waals surface area (Å²) in [6.45, 7) is 4.66. The van der Waals surface area contributed by atoms with Gasteiger partial charge in [0.25, 0.3) is 0 Å². The van der Waals surface area contributed by atoms with Gasteiger partial charge in [-0.25, -0.2) is 4.57 Å². The molecule has 3 unspecified atom stereocenters. The molecule has 0 aliphatic carbocycles. The van der Waals surface area contributed by atoms with Gasteiger partial charge in [0.15, 0.2) is 0 Å². The highest BCUT2D eigenvalue weighted by atomic mass is 31.2. The van der Waals surface area contributed by atoms with E-state index < -0.39 is 20.0 Å². The number of nitrogens with one attached hydrogen (secondary N) is 1. The number of rotatable bonds is 56. The fourth-order valence-corrected chi connectivity index (χ4v) is 9.18. The molecule has 3 atom stereocenters. The van der Waals surface area contributed by atoms with Gasteiger partial charge in [0.05, 0.1) is 39.9 Å². The first-order valence-electron chi connectivity index (χ1n) is 31.6. The van der Waals surface area contributed by atoms with Crippen LogP contribution < -0.4 is 5.32 Å². The first-order valence-corrected chi connectivity index (χ1v) is 33.1. The number of unbranched alkanes of at least 4 members (excludes halogenated alkanes) is 23. The lowest BCUT2D eigenvalue weighted by Gasteiger charge is -2.25. The Balaban J connectivity index is 4.17. The van der Waals surface area contributed by atoms with Crippen molar-refractivity contribution in [3.8, 4) is 0 Å². The Morgan fingerprint density at radius 2 is 0.782 bits per heavy atom. The van der Waals surface area contributed by atoms with Crippen LogP contribution in [0.4, 0.5) is 0 Å². The van der Waals surface area contributed by atoms with Gasteiger partial charge in [-0.2, -0.15) is 0 Å². The van der Waals surface area contributed by atoms with Gasteiger partial charge in [-0.1, -0.05) is 263 Å². The van der Waals surface area contributed by atoms with Crippen molar-refractivity contribution >= 4 is 13.7 Å². The van der Waals surface area contributed by atoms with E-state index in [4.69, 9.17) is 9.05 Å². The summed E-state index contributed by atoms with van der Waals surface area (Å²) in [6.07, 6.45) is 88.6. The van der Waals surface area contributed by atoms with E-state index in [1.54, 1.807) is 6.08 Å². The average Bonchev–Trinajstić information content (AvgIpc) is 3.41. The van der Waals surface area contributed by atoms with E-state index in [1.807, 2.05) is 27.2 Å².